The number of aliphatic hydroxyl groups excluding tert-OH is 1. The van der Waals surface area contributed by atoms with E-state index in [4.69, 9.17) is 9.47 Å². The zero-order valence-corrected chi connectivity index (χ0v) is 10.6. The van der Waals surface area contributed by atoms with Gasteiger partial charge in [-0.2, -0.15) is 0 Å². The van der Waals surface area contributed by atoms with E-state index in [1.165, 1.54) is 0 Å². The molecule has 0 aromatic heterocycles. The summed E-state index contributed by atoms with van der Waals surface area (Å²) in [4.78, 5) is 11.9. The van der Waals surface area contributed by atoms with Gasteiger partial charge in [-0.3, -0.25) is 0 Å². The van der Waals surface area contributed by atoms with E-state index in [0.29, 0.717) is 5.56 Å². The normalized spacial score (nSPS) is 31.3. The second kappa shape index (κ2) is 5.50. The molecule has 1 fully saturated rings. The molecule has 1 aromatic rings. The molecule has 4 nitrogen and oxygen atoms in total. The predicted molar refractivity (Wildman–Crippen MR) is 66.0 cm³/mol. The Kier molecular flexibility index (Phi) is 3.99. The first-order valence-corrected chi connectivity index (χ1v) is 6.23. The molecule has 1 aliphatic heterocycles. The molecule has 1 N–H and O–H groups in total. The van der Waals surface area contributed by atoms with Crippen LogP contribution in [0.5, 0.6) is 0 Å². The molecule has 0 aliphatic carbocycles. The molecule has 2 rings (SSSR count). The molecule has 18 heavy (non-hydrogen) atoms. The molecular formula is C14H18O4. The number of rotatable bonds is 3. The van der Waals surface area contributed by atoms with Gasteiger partial charge in [-0.1, -0.05) is 32.0 Å². The molecule has 1 heterocycles. The van der Waals surface area contributed by atoms with Crippen molar-refractivity contribution in [1.82, 2.24) is 0 Å². The standard InChI is InChI=1S/C14H18O4/c1-3-11-9(2)12(14(16)17-11)18-13(15)10-7-5-4-6-8-10/h4-9,11-12,14,16H,3H2,1-2H3/t9-,11-,12-,14?/m1/s1. The van der Waals surface area contributed by atoms with Crippen molar-refractivity contribution in [2.24, 2.45) is 5.92 Å². The van der Waals surface area contributed by atoms with Gasteiger partial charge in [-0.25, -0.2) is 4.79 Å². The summed E-state index contributed by atoms with van der Waals surface area (Å²) in [6, 6.07) is 8.76. The Morgan fingerprint density at radius 3 is 2.61 bits per heavy atom. The van der Waals surface area contributed by atoms with Crippen LogP contribution in [0.2, 0.25) is 0 Å². The van der Waals surface area contributed by atoms with E-state index in [1.807, 2.05) is 19.9 Å². The largest absolute Gasteiger partial charge is 0.453 e. The van der Waals surface area contributed by atoms with Gasteiger partial charge in [0.05, 0.1) is 11.7 Å². The van der Waals surface area contributed by atoms with E-state index < -0.39 is 18.4 Å². The number of aliphatic hydroxyl groups is 1. The molecule has 1 aromatic carbocycles. The monoisotopic (exact) mass is 250 g/mol. The van der Waals surface area contributed by atoms with Crippen molar-refractivity contribution in [3.05, 3.63) is 35.9 Å². The van der Waals surface area contributed by atoms with Crippen LogP contribution in [-0.2, 0) is 9.47 Å². The van der Waals surface area contributed by atoms with Crippen LogP contribution >= 0.6 is 0 Å². The molecule has 1 saturated heterocycles. The number of carbonyl (C=O) groups excluding carboxylic acids is 1. The average Bonchev–Trinajstić information content (AvgIpc) is 2.67. The summed E-state index contributed by atoms with van der Waals surface area (Å²) in [5.74, 6) is -0.426. The van der Waals surface area contributed by atoms with Crippen molar-refractivity contribution < 1.29 is 19.4 Å². The molecule has 0 bridgehead atoms. The van der Waals surface area contributed by atoms with Crippen LogP contribution < -0.4 is 0 Å². The highest BCUT2D eigenvalue weighted by molar-refractivity contribution is 5.89. The maximum atomic E-state index is 11.9. The molecule has 0 spiro atoms. The zero-order valence-electron chi connectivity index (χ0n) is 10.6. The summed E-state index contributed by atoms with van der Waals surface area (Å²) in [7, 11) is 0. The highest BCUT2D eigenvalue weighted by Crippen LogP contribution is 2.30. The van der Waals surface area contributed by atoms with E-state index in [9.17, 15) is 9.90 Å². The van der Waals surface area contributed by atoms with Crippen LogP contribution in [0, 0.1) is 5.92 Å². The highest BCUT2D eigenvalue weighted by atomic mass is 16.7. The SMILES string of the molecule is CC[C@H]1OC(O)[C@H](OC(=O)c2ccccc2)[C@@H]1C. The molecule has 1 aliphatic rings. The molecule has 4 heteroatoms. The summed E-state index contributed by atoms with van der Waals surface area (Å²) in [5.41, 5.74) is 0.483. The van der Waals surface area contributed by atoms with Crippen molar-refractivity contribution in [3.8, 4) is 0 Å². The van der Waals surface area contributed by atoms with Gasteiger partial charge in [-0.15, -0.1) is 0 Å². The number of carbonyl (C=O) groups is 1. The maximum absolute atomic E-state index is 11.9. The second-order valence-electron chi connectivity index (χ2n) is 4.57. The van der Waals surface area contributed by atoms with Crippen LogP contribution in [0.4, 0.5) is 0 Å². The van der Waals surface area contributed by atoms with Crippen LogP contribution in [-0.4, -0.2) is 29.6 Å². The van der Waals surface area contributed by atoms with E-state index in [2.05, 4.69) is 0 Å². The summed E-state index contributed by atoms with van der Waals surface area (Å²) in [6.07, 6.45) is -0.897. The van der Waals surface area contributed by atoms with Crippen molar-refractivity contribution in [2.45, 2.75) is 38.8 Å². The fourth-order valence-corrected chi connectivity index (χ4v) is 2.25. The Bertz CT molecular complexity index is 404. The number of hydrogen-bond donors (Lipinski definition) is 1. The van der Waals surface area contributed by atoms with E-state index in [0.717, 1.165) is 6.42 Å². The molecule has 98 valence electrons. The number of ether oxygens (including phenoxy) is 2. The lowest BCUT2D eigenvalue weighted by Gasteiger charge is -2.18. The number of benzene rings is 1. The Morgan fingerprint density at radius 2 is 2.06 bits per heavy atom. The minimum atomic E-state index is -1.03. The van der Waals surface area contributed by atoms with Crippen molar-refractivity contribution >= 4 is 5.97 Å². The van der Waals surface area contributed by atoms with E-state index in [1.54, 1.807) is 24.3 Å². The van der Waals surface area contributed by atoms with Crippen LogP contribution in [0.25, 0.3) is 0 Å². The van der Waals surface area contributed by atoms with Crippen LogP contribution in [0.15, 0.2) is 30.3 Å². The smallest absolute Gasteiger partial charge is 0.338 e. The van der Waals surface area contributed by atoms with Crippen molar-refractivity contribution in [2.75, 3.05) is 0 Å². The summed E-state index contributed by atoms with van der Waals surface area (Å²) in [6.45, 7) is 3.91. The Morgan fingerprint density at radius 1 is 1.39 bits per heavy atom. The molecule has 0 radical (unpaired) electrons. The Balaban J connectivity index is 2.04. The first-order chi connectivity index (χ1) is 8.63. The third-order valence-corrected chi connectivity index (χ3v) is 3.35. The zero-order chi connectivity index (χ0) is 13.1. The van der Waals surface area contributed by atoms with Crippen molar-refractivity contribution in [1.29, 1.82) is 0 Å². The number of hydrogen-bond acceptors (Lipinski definition) is 4. The molecule has 1 unspecified atom stereocenters. The van der Waals surface area contributed by atoms with Gasteiger partial charge < -0.3 is 14.6 Å². The molecule has 4 atom stereocenters. The Hall–Kier alpha value is -1.39. The van der Waals surface area contributed by atoms with Crippen LogP contribution in [0.1, 0.15) is 30.6 Å². The summed E-state index contributed by atoms with van der Waals surface area (Å²) < 4.78 is 10.7. The molecule has 0 saturated carbocycles. The van der Waals surface area contributed by atoms with Gasteiger partial charge in [0.2, 0.25) is 0 Å². The fourth-order valence-electron chi connectivity index (χ4n) is 2.25. The predicted octanol–water partition coefficient (Wildman–Crippen LogP) is 1.98. The summed E-state index contributed by atoms with van der Waals surface area (Å²) in [5, 5.41) is 9.76. The highest BCUT2D eigenvalue weighted by Gasteiger charge is 2.42. The quantitative estimate of drug-likeness (QED) is 0.833. The lowest BCUT2D eigenvalue weighted by Crippen LogP contribution is -2.31. The molecular weight excluding hydrogens is 232 g/mol. The van der Waals surface area contributed by atoms with Crippen LogP contribution in [0.3, 0.4) is 0 Å². The third kappa shape index (κ3) is 2.54. The first kappa shape index (κ1) is 13.1. The lowest BCUT2D eigenvalue weighted by molar-refractivity contribution is -0.129. The first-order valence-electron chi connectivity index (χ1n) is 6.23. The van der Waals surface area contributed by atoms with Gasteiger partial charge in [0.25, 0.3) is 0 Å². The topological polar surface area (TPSA) is 55.8 Å². The number of esters is 1. The van der Waals surface area contributed by atoms with Crippen molar-refractivity contribution in [3.63, 3.8) is 0 Å². The average molecular weight is 250 g/mol. The maximum Gasteiger partial charge on any atom is 0.338 e. The Labute approximate surface area is 107 Å². The van der Waals surface area contributed by atoms with Gasteiger partial charge in [0.1, 0.15) is 0 Å². The third-order valence-electron chi connectivity index (χ3n) is 3.35. The minimum absolute atomic E-state index is 0.00216. The van der Waals surface area contributed by atoms with Gasteiger partial charge in [0.15, 0.2) is 12.4 Å². The van der Waals surface area contributed by atoms with Gasteiger partial charge >= 0.3 is 5.97 Å². The summed E-state index contributed by atoms with van der Waals surface area (Å²) >= 11 is 0. The minimum Gasteiger partial charge on any atom is -0.453 e. The lowest BCUT2D eigenvalue weighted by atomic mass is 9.99. The second-order valence-corrected chi connectivity index (χ2v) is 4.57. The van der Waals surface area contributed by atoms with Gasteiger partial charge in [0, 0.05) is 5.92 Å². The van der Waals surface area contributed by atoms with E-state index in [-0.39, 0.29) is 12.0 Å². The molecule has 0 amide bonds. The fraction of sp³-hybridized carbons (Fsp3) is 0.500. The van der Waals surface area contributed by atoms with Gasteiger partial charge in [-0.05, 0) is 18.6 Å². The van der Waals surface area contributed by atoms with E-state index >= 15 is 0 Å².